The maximum absolute atomic E-state index is 12.8. The minimum absolute atomic E-state index is 0.0942. The smallest absolute Gasteiger partial charge is 0.263 e. The number of rotatable bonds is 4. The third kappa shape index (κ3) is 3.14. The van der Waals surface area contributed by atoms with Crippen molar-refractivity contribution in [3.63, 3.8) is 0 Å². The van der Waals surface area contributed by atoms with Crippen molar-refractivity contribution in [1.82, 2.24) is 10.3 Å². The Morgan fingerprint density at radius 1 is 1.18 bits per heavy atom. The summed E-state index contributed by atoms with van der Waals surface area (Å²) in [6.45, 7) is 3.51. The number of fused-ring (bicyclic) bond motifs is 3. The van der Waals surface area contributed by atoms with Crippen LogP contribution in [-0.4, -0.2) is 43.2 Å². The van der Waals surface area contributed by atoms with Gasteiger partial charge in [0.25, 0.3) is 5.91 Å². The number of thiophene rings is 1. The molecule has 0 spiro atoms. The van der Waals surface area contributed by atoms with E-state index in [1.54, 1.807) is 0 Å². The number of carbonyl (C=O) groups excluding carboxylic acids is 1. The molecule has 2 aliphatic heterocycles. The van der Waals surface area contributed by atoms with Crippen LogP contribution in [0.3, 0.4) is 0 Å². The number of ether oxygens (including phenoxy) is 1. The van der Waals surface area contributed by atoms with Gasteiger partial charge in [0.05, 0.1) is 11.8 Å². The first kappa shape index (κ1) is 18.2. The highest BCUT2D eigenvalue weighted by Gasteiger charge is 2.28. The Hall–Kier alpha value is -1.86. The molecule has 7 heteroatoms. The van der Waals surface area contributed by atoms with Gasteiger partial charge < -0.3 is 20.7 Å². The first-order valence-electron chi connectivity index (χ1n) is 10.6. The van der Waals surface area contributed by atoms with Gasteiger partial charge in [-0.3, -0.25) is 4.79 Å². The molecule has 3 N–H and O–H groups in total. The first-order chi connectivity index (χ1) is 13.7. The summed E-state index contributed by atoms with van der Waals surface area (Å²) < 4.78 is 5.62. The summed E-state index contributed by atoms with van der Waals surface area (Å²) in [6, 6.07) is 0. The van der Waals surface area contributed by atoms with Crippen molar-refractivity contribution in [3.8, 4) is 0 Å². The van der Waals surface area contributed by atoms with Crippen molar-refractivity contribution < 1.29 is 9.53 Å². The molecule has 5 rings (SSSR count). The highest BCUT2D eigenvalue weighted by atomic mass is 32.1. The van der Waals surface area contributed by atoms with Crippen molar-refractivity contribution in [2.45, 2.75) is 57.5 Å². The number of nitrogen functional groups attached to an aromatic ring is 1. The third-order valence-electron chi connectivity index (χ3n) is 6.30. The van der Waals surface area contributed by atoms with Gasteiger partial charge in [-0.25, -0.2) is 4.98 Å². The Kier molecular flexibility index (Phi) is 4.88. The number of pyridine rings is 1. The number of anilines is 2. The van der Waals surface area contributed by atoms with Gasteiger partial charge in [0, 0.05) is 31.6 Å². The number of nitrogens with zero attached hydrogens (tertiary/aromatic N) is 2. The van der Waals surface area contributed by atoms with Gasteiger partial charge in [0.2, 0.25) is 0 Å². The van der Waals surface area contributed by atoms with Gasteiger partial charge in [-0.1, -0.05) is 0 Å². The van der Waals surface area contributed by atoms with Crippen LogP contribution in [0.15, 0.2) is 0 Å². The molecule has 2 aromatic heterocycles. The van der Waals surface area contributed by atoms with Crippen LogP contribution in [0.1, 0.15) is 59.3 Å². The highest BCUT2D eigenvalue weighted by molar-refractivity contribution is 7.21. The Morgan fingerprint density at radius 2 is 1.96 bits per heavy atom. The van der Waals surface area contributed by atoms with Crippen LogP contribution in [0.5, 0.6) is 0 Å². The molecule has 6 nitrogen and oxygen atoms in total. The molecule has 2 saturated heterocycles. The van der Waals surface area contributed by atoms with Crippen LogP contribution >= 0.6 is 11.3 Å². The van der Waals surface area contributed by atoms with Crippen molar-refractivity contribution in [1.29, 1.82) is 0 Å². The Labute approximate surface area is 169 Å². The van der Waals surface area contributed by atoms with Crippen molar-refractivity contribution in [2.24, 2.45) is 0 Å². The average molecular weight is 401 g/mol. The van der Waals surface area contributed by atoms with E-state index in [4.69, 9.17) is 15.5 Å². The minimum Gasteiger partial charge on any atom is -0.397 e. The summed E-state index contributed by atoms with van der Waals surface area (Å²) in [5.41, 5.74) is 9.84. The third-order valence-corrected chi connectivity index (χ3v) is 7.40. The molecule has 0 unspecified atom stereocenters. The lowest BCUT2D eigenvalue weighted by atomic mass is 9.89. The van der Waals surface area contributed by atoms with E-state index in [2.05, 4.69) is 10.2 Å². The normalized spacial score (nSPS) is 22.0. The largest absolute Gasteiger partial charge is 0.397 e. The fraction of sp³-hybridized carbons (Fsp3) is 0.619. The highest BCUT2D eigenvalue weighted by Crippen LogP contribution is 2.42. The number of amides is 1. The number of carbonyl (C=O) groups is 1. The number of aryl methyl sites for hydroxylation is 1. The van der Waals surface area contributed by atoms with E-state index in [1.807, 2.05) is 0 Å². The zero-order valence-corrected chi connectivity index (χ0v) is 17.1. The second-order valence-electron chi connectivity index (χ2n) is 8.16. The quantitative estimate of drug-likeness (QED) is 0.823. The lowest BCUT2D eigenvalue weighted by molar-refractivity contribution is 0.0862. The summed E-state index contributed by atoms with van der Waals surface area (Å²) in [5, 5.41) is 4.05. The number of aromatic nitrogens is 1. The topological polar surface area (TPSA) is 80.5 Å². The van der Waals surface area contributed by atoms with E-state index in [9.17, 15) is 4.79 Å². The lowest BCUT2D eigenvalue weighted by Crippen LogP contribution is -2.31. The summed E-state index contributed by atoms with van der Waals surface area (Å²) in [4.78, 5) is 21.8. The molecule has 1 atom stereocenters. The molecule has 0 saturated carbocycles. The van der Waals surface area contributed by atoms with Crippen LogP contribution in [0.4, 0.5) is 11.5 Å². The lowest BCUT2D eigenvalue weighted by Gasteiger charge is -2.25. The first-order valence-corrected chi connectivity index (χ1v) is 11.4. The number of nitrogens with one attached hydrogen (secondary N) is 1. The predicted octanol–water partition coefficient (Wildman–Crippen LogP) is 3.27. The Balaban J connectivity index is 1.51. The van der Waals surface area contributed by atoms with Gasteiger partial charge in [-0.15, -0.1) is 11.3 Å². The standard InChI is InChI=1S/C21H28N4O2S/c22-17-16-14-7-1-2-8-15(14)19(25-9-3-4-10-25)24-21(16)28-18(17)20(26)23-12-13-6-5-11-27-13/h13H,1-12,22H2,(H,23,26)/t13-/m1/s1. The summed E-state index contributed by atoms with van der Waals surface area (Å²) >= 11 is 1.44. The number of nitrogens with two attached hydrogens (primary N) is 1. The fourth-order valence-corrected chi connectivity index (χ4v) is 5.88. The second kappa shape index (κ2) is 7.52. The molecule has 1 amide bonds. The van der Waals surface area contributed by atoms with E-state index in [0.717, 1.165) is 61.4 Å². The van der Waals surface area contributed by atoms with E-state index in [0.29, 0.717) is 17.1 Å². The van der Waals surface area contributed by atoms with Gasteiger partial charge in [0.15, 0.2) is 0 Å². The van der Waals surface area contributed by atoms with E-state index >= 15 is 0 Å². The summed E-state index contributed by atoms with van der Waals surface area (Å²) in [7, 11) is 0. The zero-order chi connectivity index (χ0) is 19.1. The summed E-state index contributed by atoms with van der Waals surface area (Å²) in [5.74, 6) is 1.05. The van der Waals surface area contributed by atoms with Crippen molar-refractivity contribution in [3.05, 3.63) is 16.0 Å². The van der Waals surface area contributed by atoms with E-state index in [1.165, 1.54) is 48.1 Å². The second-order valence-corrected chi connectivity index (χ2v) is 9.16. The minimum atomic E-state index is -0.0942. The Morgan fingerprint density at radius 3 is 2.71 bits per heavy atom. The molecular formula is C21H28N4O2S. The summed E-state index contributed by atoms with van der Waals surface area (Å²) in [6.07, 6.45) is 9.17. The molecule has 0 bridgehead atoms. The van der Waals surface area contributed by atoms with Gasteiger partial charge in [0.1, 0.15) is 15.5 Å². The average Bonchev–Trinajstić information content (AvgIpc) is 3.47. The van der Waals surface area contributed by atoms with E-state index in [-0.39, 0.29) is 12.0 Å². The van der Waals surface area contributed by atoms with Gasteiger partial charge in [-0.2, -0.15) is 0 Å². The van der Waals surface area contributed by atoms with Crippen LogP contribution < -0.4 is 16.0 Å². The van der Waals surface area contributed by atoms with Crippen molar-refractivity contribution in [2.75, 3.05) is 36.9 Å². The van der Waals surface area contributed by atoms with Crippen LogP contribution in [0.25, 0.3) is 10.2 Å². The Bertz CT molecular complexity index is 898. The number of hydrogen-bond acceptors (Lipinski definition) is 6. The predicted molar refractivity (Wildman–Crippen MR) is 113 cm³/mol. The molecule has 4 heterocycles. The molecule has 0 aromatic carbocycles. The molecular weight excluding hydrogens is 372 g/mol. The molecule has 2 aromatic rings. The molecule has 3 aliphatic rings. The maximum atomic E-state index is 12.8. The molecule has 28 heavy (non-hydrogen) atoms. The molecule has 0 radical (unpaired) electrons. The maximum Gasteiger partial charge on any atom is 0.263 e. The fourth-order valence-electron chi connectivity index (χ4n) is 4.84. The molecule has 150 valence electrons. The van der Waals surface area contributed by atoms with E-state index < -0.39 is 0 Å². The number of hydrogen-bond donors (Lipinski definition) is 2. The monoisotopic (exact) mass is 400 g/mol. The van der Waals surface area contributed by atoms with Gasteiger partial charge in [-0.05, 0) is 62.5 Å². The molecule has 1 aliphatic carbocycles. The SMILES string of the molecule is Nc1c(C(=O)NC[C@H]2CCCO2)sc2nc(N3CCCC3)c3c(c12)CCCC3. The molecule has 2 fully saturated rings. The van der Waals surface area contributed by atoms with Crippen molar-refractivity contribution >= 4 is 39.0 Å². The zero-order valence-electron chi connectivity index (χ0n) is 16.3. The van der Waals surface area contributed by atoms with Crippen LogP contribution in [0, 0.1) is 0 Å². The van der Waals surface area contributed by atoms with Gasteiger partial charge >= 0.3 is 0 Å². The van der Waals surface area contributed by atoms with Crippen LogP contribution in [0.2, 0.25) is 0 Å². The van der Waals surface area contributed by atoms with Crippen LogP contribution in [-0.2, 0) is 17.6 Å².